The lowest BCUT2D eigenvalue weighted by molar-refractivity contribution is -0.133. The Morgan fingerprint density at radius 2 is 2.21 bits per heavy atom. The summed E-state index contributed by atoms with van der Waals surface area (Å²) < 4.78 is 0. The average molecular weight is 300 g/mol. The Hall–Kier alpha value is -0.480. The van der Waals surface area contributed by atoms with E-state index < -0.39 is 10.0 Å². The van der Waals surface area contributed by atoms with Gasteiger partial charge in [0, 0.05) is 6.54 Å². The van der Waals surface area contributed by atoms with Gasteiger partial charge in [0.2, 0.25) is 5.91 Å². The van der Waals surface area contributed by atoms with E-state index in [2.05, 4.69) is 42.0 Å². The number of hydrogen-bond donors (Lipinski definition) is 0. The molecule has 2 heterocycles. The van der Waals surface area contributed by atoms with Crippen molar-refractivity contribution in [2.45, 2.75) is 31.6 Å². The first-order valence-corrected chi connectivity index (χ1v) is 10.7. The number of carbonyl (C=O) groups excluding carboxylic acids is 1. The van der Waals surface area contributed by atoms with Gasteiger partial charge in [-0.25, -0.2) is 10.0 Å². The lowest BCUT2D eigenvalue weighted by atomic mass is 9.99. The van der Waals surface area contributed by atoms with Crippen LogP contribution in [0.5, 0.6) is 0 Å². The van der Waals surface area contributed by atoms with E-state index >= 15 is 0 Å². The van der Waals surface area contributed by atoms with E-state index in [9.17, 15) is 4.79 Å². The van der Waals surface area contributed by atoms with Crippen LogP contribution in [0, 0.1) is 5.92 Å². The molecule has 108 valence electrons. The standard InChI is InChI=1S/C15H25NOS2/c1-12-6-5-8-16(15(12)19(2,3)4)14(17)10-13-7-9-18-11-13/h7,9,11-12,15H,5-6,8,10H2,1-4H3/t12-,15+/m0/s1. The fraction of sp³-hybridized carbons (Fsp3) is 0.667. The highest BCUT2D eigenvalue weighted by Crippen LogP contribution is 2.49. The summed E-state index contributed by atoms with van der Waals surface area (Å²) in [6.07, 6.45) is 10.0. The van der Waals surface area contributed by atoms with E-state index in [1.165, 1.54) is 6.42 Å². The van der Waals surface area contributed by atoms with Gasteiger partial charge in [0.1, 0.15) is 0 Å². The van der Waals surface area contributed by atoms with Crippen LogP contribution in [-0.2, 0) is 11.2 Å². The second kappa shape index (κ2) is 5.88. The maximum atomic E-state index is 12.6. The lowest BCUT2D eigenvalue weighted by Gasteiger charge is -2.49. The van der Waals surface area contributed by atoms with Gasteiger partial charge >= 0.3 is 0 Å². The topological polar surface area (TPSA) is 20.3 Å². The normalized spacial score (nSPS) is 25.4. The van der Waals surface area contributed by atoms with Crippen molar-refractivity contribution in [2.75, 3.05) is 25.3 Å². The fourth-order valence-electron chi connectivity index (χ4n) is 3.18. The number of rotatable bonds is 3. The van der Waals surface area contributed by atoms with E-state index in [0.717, 1.165) is 18.5 Å². The Bertz CT molecular complexity index is 422. The van der Waals surface area contributed by atoms with Gasteiger partial charge in [0.25, 0.3) is 0 Å². The van der Waals surface area contributed by atoms with Crippen LogP contribution in [-0.4, -0.2) is 41.5 Å². The lowest BCUT2D eigenvalue weighted by Crippen LogP contribution is -2.50. The number of likely N-dealkylation sites (tertiary alicyclic amines) is 1. The second-order valence-electron chi connectivity index (χ2n) is 6.34. The number of nitrogens with zero attached hydrogens (tertiary/aromatic N) is 1. The summed E-state index contributed by atoms with van der Waals surface area (Å²) >= 11 is 1.67. The fourth-order valence-corrected chi connectivity index (χ4v) is 6.36. The molecule has 4 heteroatoms. The molecule has 1 saturated heterocycles. The molecule has 2 atom stereocenters. The summed E-state index contributed by atoms with van der Waals surface area (Å²) in [5, 5.41) is 4.59. The first-order chi connectivity index (χ1) is 8.89. The van der Waals surface area contributed by atoms with Crippen molar-refractivity contribution in [1.82, 2.24) is 4.90 Å². The molecule has 1 aromatic rings. The van der Waals surface area contributed by atoms with Gasteiger partial charge < -0.3 is 4.90 Å². The van der Waals surface area contributed by atoms with Crippen LogP contribution in [0.1, 0.15) is 25.3 Å². The third kappa shape index (κ3) is 3.54. The van der Waals surface area contributed by atoms with Crippen LogP contribution in [0.15, 0.2) is 16.8 Å². The highest BCUT2D eigenvalue weighted by molar-refractivity contribution is 8.32. The smallest absolute Gasteiger partial charge is 0.227 e. The van der Waals surface area contributed by atoms with Crippen LogP contribution in [0.3, 0.4) is 0 Å². The van der Waals surface area contributed by atoms with E-state index in [1.54, 1.807) is 11.3 Å². The minimum Gasteiger partial charge on any atom is -0.332 e. The molecule has 0 saturated carbocycles. The Morgan fingerprint density at radius 1 is 1.47 bits per heavy atom. The monoisotopic (exact) mass is 299 g/mol. The third-order valence-electron chi connectivity index (χ3n) is 3.83. The number of piperidine rings is 1. The Morgan fingerprint density at radius 3 is 2.79 bits per heavy atom. The quantitative estimate of drug-likeness (QED) is 0.835. The van der Waals surface area contributed by atoms with Gasteiger partial charge in [0.05, 0.1) is 11.8 Å². The van der Waals surface area contributed by atoms with Crippen molar-refractivity contribution in [3.8, 4) is 0 Å². The molecule has 19 heavy (non-hydrogen) atoms. The molecular formula is C15H25NOS2. The van der Waals surface area contributed by atoms with Gasteiger partial charge in [-0.1, -0.05) is 6.92 Å². The zero-order chi connectivity index (χ0) is 14.0. The molecule has 1 aliphatic heterocycles. The molecular weight excluding hydrogens is 274 g/mol. The number of hydrogen-bond acceptors (Lipinski definition) is 2. The van der Waals surface area contributed by atoms with E-state index in [-0.39, 0.29) is 0 Å². The van der Waals surface area contributed by atoms with Crippen LogP contribution in [0.4, 0.5) is 0 Å². The van der Waals surface area contributed by atoms with Gasteiger partial charge in [-0.15, -0.1) is 0 Å². The Kier molecular flexibility index (Phi) is 4.62. The van der Waals surface area contributed by atoms with Crippen molar-refractivity contribution in [3.05, 3.63) is 22.4 Å². The van der Waals surface area contributed by atoms with Gasteiger partial charge in [0.15, 0.2) is 0 Å². The number of amides is 1. The van der Waals surface area contributed by atoms with Crippen molar-refractivity contribution in [1.29, 1.82) is 0 Å². The molecule has 1 fully saturated rings. The summed E-state index contributed by atoms with van der Waals surface area (Å²) in [5.41, 5.74) is 1.16. The van der Waals surface area contributed by atoms with Crippen LogP contribution >= 0.6 is 21.4 Å². The molecule has 1 aliphatic rings. The number of thiophene rings is 1. The summed E-state index contributed by atoms with van der Waals surface area (Å²) in [5.74, 6) is 0.951. The molecule has 0 aliphatic carbocycles. The first kappa shape index (κ1) is 14.9. The predicted octanol–water partition coefficient (Wildman–Crippen LogP) is 3.57. The summed E-state index contributed by atoms with van der Waals surface area (Å²) in [7, 11) is -0.740. The maximum Gasteiger partial charge on any atom is 0.227 e. The minimum absolute atomic E-state index is 0.317. The summed E-state index contributed by atoms with van der Waals surface area (Å²) in [4.78, 5) is 14.8. The Labute approximate surface area is 122 Å². The van der Waals surface area contributed by atoms with Gasteiger partial charge in [-0.05, 0) is 59.9 Å². The molecule has 0 bridgehead atoms. The molecule has 0 unspecified atom stereocenters. The molecule has 0 radical (unpaired) electrons. The molecule has 1 amide bonds. The molecule has 0 spiro atoms. The summed E-state index contributed by atoms with van der Waals surface area (Å²) in [6.45, 7) is 3.26. The van der Waals surface area contributed by atoms with E-state index in [1.807, 2.05) is 5.38 Å². The summed E-state index contributed by atoms with van der Waals surface area (Å²) in [6, 6.07) is 2.06. The zero-order valence-electron chi connectivity index (χ0n) is 12.4. The molecule has 2 rings (SSSR count). The average Bonchev–Trinajstić information content (AvgIpc) is 2.79. The first-order valence-electron chi connectivity index (χ1n) is 6.87. The van der Waals surface area contributed by atoms with Crippen molar-refractivity contribution < 1.29 is 4.79 Å². The highest BCUT2D eigenvalue weighted by Gasteiger charge is 2.37. The van der Waals surface area contributed by atoms with E-state index in [0.29, 0.717) is 23.6 Å². The van der Waals surface area contributed by atoms with Crippen molar-refractivity contribution in [2.24, 2.45) is 5.92 Å². The number of carbonyl (C=O) groups is 1. The van der Waals surface area contributed by atoms with Crippen LogP contribution in [0.25, 0.3) is 0 Å². The van der Waals surface area contributed by atoms with E-state index in [4.69, 9.17) is 0 Å². The van der Waals surface area contributed by atoms with Gasteiger partial charge in [-0.2, -0.15) is 11.3 Å². The second-order valence-corrected chi connectivity index (χ2v) is 11.5. The zero-order valence-corrected chi connectivity index (χ0v) is 14.0. The van der Waals surface area contributed by atoms with Gasteiger partial charge in [-0.3, -0.25) is 4.79 Å². The third-order valence-corrected chi connectivity index (χ3v) is 6.73. The minimum atomic E-state index is -0.740. The Balaban J connectivity index is 2.13. The molecule has 0 N–H and O–H groups in total. The molecule has 1 aromatic heterocycles. The molecule has 0 aromatic carbocycles. The SMILES string of the molecule is C[C@H]1CCCN(C(=O)Cc2ccsc2)[C@@H]1S(C)(C)C. The van der Waals surface area contributed by atoms with Crippen molar-refractivity contribution in [3.63, 3.8) is 0 Å². The maximum absolute atomic E-state index is 12.6. The highest BCUT2D eigenvalue weighted by atomic mass is 32.3. The largest absolute Gasteiger partial charge is 0.332 e. The molecule has 2 nitrogen and oxygen atoms in total. The van der Waals surface area contributed by atoms with Crippen LogP contribution < -0.4 is 0 Å². The van der Waals surface area contributed by atoms with Crippen molar-refractivity contribution >= 4 is 27.3 Å². The predicted molar refractivity (Wildman–Crippen MR) is 87.3 cm³/mol. The van der Waals surface area contributed by atoms with Crippen LogP contribution in [0.2, 0.25) is 0 Å².